The fraction of sp³-hybridized carbons (Fsp3) is 0.529. The van der Waals surface area contributed by atoms with Crippen LogP contribution in [-0.2, 0) is 53.8 Å². The number of carboxylic acid groups (broad SMARTS) is 1. The highest BCUT2D eigenvalue weighted by Gasteiger charge is 2.39. The number of phosphoric acid groups is 1. The molecule has 1 aromatic carbocycles. The topological polar surface area (TPSA) is 302 Å². The highest BCUT2D eigenvalue weighted by molar-refractivity contribution is 7.47. The third-order valence-electron chi connectivity index (χ3n) is 8.09. The number of benzene rings is 1. The van der Waals surface area contributed by atoms with E-state index in [-0.39, 0.29) is 44.5 Å². The van der Waals surface area contributed by atoms with Gasteiger partial charge in [-0.3, -0.25) is 42.7 Å². The first-order chi connectivity index (χ1) is 25.7. The first-order valence-electron chi connectivity index (χ1n) is 17.5. The summed E-state index contributed by atoms with van der Waals surface area (Å²) >= 11 is 0. The molecule has 0 saturated heterocycles. The summed E-state index contributed by atoms with van der Waals surface area (Å²) in [6, 6.07) is 1.18. The Hall–Kier alpha value is -5.17. The Kier molecular flexibility index (Phi) is 18.1. The number of nitrogens with one attached hydrogen (secondary N) is 5. The van der Waals surface area contributed by atoms with Crippen molar-refractivity contribution < 1.29 is 62.0 Å². The molecule has 9 N–H and O–H groups in total. The molecule has 5 atom stereocenters. The van der Waals surface area contributed by atoms with Crippen LogP contribution in [0.3, 0.4) is 0 Å². The van der Waals surface area contributed by atoms with E-state index in [4.69, 9.17) is 14.8 Å². The third kappa shape index (κ3) is 15.6. The molecule has 1 aliphatic rings. The van der Waals surface area contributed by atoms with Crippen LogP contribution >= 0.6 is 7.82 Å². The van der Waals surface area contributed by atoms with Gasteiger partial charge in [-0.2, -0.15) is 0 Å². The maximum absolute atomic E-state index is 13.4. The number of carbonyl (C=O) groups is 8. The van der Waals surface area contributed by atoms with Crippen molar-refractivity contribution in [2.75, 3.05) is 18.4 Å². The minimum Gasteiger partial charge on any atom is -0.480 e. The summed E-state index contributed by atoms with van der Waals surface area (Å²) < 4.78 is 23.1. The minimum atomic E-state index is -4.85. The SMILES string of the molecule is CCC(=O)NC(C(=O)O)C(OP(=O)(O)OCc1ccc(NC(=O)C(CCCNC(N)=O)NC(=O)C(NC(=O)CCN2C(=O)C=CC2=O)C(C)C)cc1)C(C)C. The number of amides is 8. The molecule has 1 aliphatic heterocycles. The van der Waals surface area contributed by atoms with Crippen LogP contribution in [0.5, 0.6) is 0 Å². The number of rotatable bonds is 23. The van der Waals surface area contributed by atoms with Crippen LogP contribution in [0.1, 0.15) is 65.9 Å². The molecule has 21 heteroatoms. The van der Waals surface area contributed by atoms with Crippen molar-refractivity contribution in [1.82, 2.24) is 26.2 Å². The number of hydrogen-bond donors (Lipinski definition) is 8. The Bertz CT molecular complexity index is 1630. The predicted molar refractivity (Wildman–Crippen MR) is 195 cm³/mol. The molecular weight excluding hydrogens is 745 g/mol. The van der Waals surface area contributed by atoms with Crippen LogP contribution in [0.2, 0.25) is 0 Å². The van der Waals surface area contributed by atoms with Gasteiger partial charge in [0.1, 0.15) is 18.2 Å². The van der Waals surface area contributed by atoms with Gasteiger partial charge in [0.25, 0.3) is 11.8 Å². The van der Waals surface area contributed by atoms with E-state index in [1.807, 2.05) is 0 Å². The van der Waals surface area contributed by atoms with Crippen LogP contribution in [0.15, 0.2) is 36.4 Å². The molecule has 0 bridgehead atoms. The van der Waals surface area contributed by atoms with Gasteiger partial charge < -0.3 is 42.3 Å². The number of nitrogens with two attached hydrogens (primary N) is 1. The lowest BCUT2D eigenvalue weighted by Crippen LogP contribution is -2.54. The van der Waals surface area contributed by atoms with Crippen molar-refractivity contribution in [3.63, 3.8) is 0 Å². The second-order valence-electron chi connectivity index (χ2n) is 13.2. The Morgan fingerprint density at radius 2 is 1.47 bits per heavy atom. The average molecular weight is 796 g/mol. The third-order valence-corrected chi connectivity index (χ3v) is 9.06. The van der Waals surface area contributed by atoms with E-state index in [1.165, 1.54) is 31.2 Å². The summed E-state index contributed by atoms with van der Waals surface area (Å²) in [5, 5.41) is 22.1. The second-order valence-corrected chi connectivity index (χ2v) is 14.6. The first-order valence-corrected chi connectivity index (χ1v) is 19.0. The summed E-state index contributed by atoms with van der Waals surface area (Å²) in [5.41, 5.74) is 5.74. The van der Waals surface area contributed by atoms with Crippen LogP contribution in [0, 0.1) is 11.8 Å². The number of phosphoric ester groups is 1. The van der Waals surface area contributed by atoms with Gasteiger partial charge in [-0.15, -0.1) is 0 Å². The van der Waals surface area contributed by atoms with Crippen LogP contribution in [0.25, 0.3) is 0 Å². The molecule has 1 aromatic rings. The standard InChI is InChI=1S/C34H50N7O13P/c1-6-24(42)39-29(33(48)49)30(20(4)5)54-55(51,52)53-18-21-9-11-22(12-10-21)37-31(46)23(8-7-16-36-34(35)50)38-32(47)28(19(2)3)40-25(43)15-17-41-26(44)13-14-27(41)45/h9-14,19-20,23,28-30H,6-8,15-18H2,1-5H3,(H,37,46)(H,38,47)(H,39,42)(H,40,43)(H,48,49)(H,51,52)(H3,35,36,50). The lowest BCUT2D eigenvalue weighted by Gasteiger charge is -2.29. The number of hydrogen-bond acceptors (Lipinski definition) is 11. The summed E-state index contributed by atoms with van der Waals surface area (Å²) in [4.78, 5) is 109. The van der Waals surface area contributed by atoms with Gasteiger partial charge in [-0.05, 0) is 42.4 Å². The van der Waals surface area contributed by atoms with Gasteiger partial charge in [-0.25, -0.2) is 14.2 Å². The molecule has 1 heterocycles. The Labute approximate surface area is 317 Å². The van der Waals surface area contributed by atoms with Crippen LogP contribution in [0.4, 0.5) is 10.5 Å². The van der Waals surface area contributed by atoms with Gasteiger partial charge >= 0.3 is 19.8 Å². The number of imide groups is 1. The van der Waals surface area contributed by atoms with E-state index < -0.39 is 97.9 Å². The van der Waals surface area contributed by atoms with Gasteiger partial charge in [0.2, 0.25) is 23.6 Å². The van der Waals surface area contributed by atoms with E-state index in [0.717, 1.165) is 17.1 Å². The summed E-state index contributed by atoms with van der Waals surface area (Å²) in [6.45, 7) is 7.40. The monoisotopic (exact) mass is 795 g/mol. The van der Waals surface area contributed by atoms with E-state index in [9.17, 15) is 52.9 Å². The van der Waals surface area contributed by atoms with Gasteiger partial charge in [-0.1, -0.05) is 46.8 Å². The molecule has 0 aliphatic carbocycles. The van der Waals surface area contributed by atoms with E-state index in [2.05, 4.69) is 26.6 Å². The molecule has 0 radical (unpaired) electrons. The number of primary amides is 1. The zero-order chi connectivity index (χ0) is 41.5. The molecule has 0 saturated carbocycles. The van der Waals surface area contributed by atoms with Crippen molar-refractivity contribution in [2.45, 2.75) is 91.1 Å². The number of nitrogens with zero attached hydrogens (tertiary/aromatic N) is 1. The van der Waals surface area contributed by atoms with Crippen molar-refractivity contribution in [1.29, 1.82) is 0 Å². The molecule has 2 rings (SSSR count). The first kappa shape index (κ1) is 46.0. The molecular formula is C34H50N7O13P. The number of urea groups is 1. The fourth-order valence-electron chi connectivity index (χ4n) is 5.07. The zero-order valence-corrected chi connectivity index (χ0v) is 32.1. The molecule has 5 unspecified atom stereocenters. The van der Waals surface area contributed by atoms with Crippen molar-refractivity contribution in [2.24, 2.45) is 17.6 Å². The number of aliphatic carboxylic acids is 1. The second kappa shape index (κ2) is 21.7. The molecule has 0 fully saturated rings. The largest absolute Gasteiger partial charge is 0.480 e. The van der Waals surface area contributed by atoms with Crippen molar-refractivity contribution >= 4 is 61.0 Å². The molecule has 55 heavy (non-hydrogen) atoms. The highest BCUT2D eigenvalue weighted by Crippen LogP contribution is 2.47. The number of carbonyl (C=O) groups excluding carboxylic acids is 7. The molecule has 304 valence electrons. The maximum Gasteiger partial charge on any atom is 0.472 e. The Morgan fingerprint density at radius 3 is 2.00 bits per heavy atom. The summed E-state index contributed by atoms with van der Waals surface area (Å²) in [5.74, 6) is -6.16. The van der Waals surface area contributed by atoms with Gasteiger partial charge in [0.15, 0.2) is 6.04 Å². The van der Waals surface area contributed by atoms with Crippen molar-refractivity contribution in [3.05, 3.63) is 42.0 Å². The van der Waals surface area contributed by atoms with Gasteiger partial charge in [0.05, 0.1) is 6.61 Å². The minimum absolute atomic E-state index is 0.0189. The lowest BCUT2D eigenvalue weighted by atomic mass is 9.99. The smallest absolute Gasteiger partial charge is 0.472 e. The van der Waals surface area contributed by atoms with E-state index in [1.54, 1.807) is 27.7 Å². The van der Waals surface area contributed by atoms with Crippen molar-refractivity contribution in [3.8, 4) is 0 Å². The number of anilines is 1. The Balaban J connectivity index is 2.09. The maximum atomic E-state index is 13.4. The molecule has 0 aromatic heterocycles. The quantitative estimate of drug-likeness (QED) is 0.0429. The summed E-state index contributed by atoms with van der Waals surface area (Å²) in [6.07, 6.45) is 0.758. The fourth-order valence-corrected chi connectivity index (χ4v) is 6.12. The van der Waals surface area contributed by atoms with E-state index >= 15 is 0 Å². The van der Waals surface area contributed by atoms with Crippen LogP contribution in [-0.4, -0.2) is 99.7 Å². The normalized spacial score (nSPS) is 15.8. The Morgan fingerprint density at radius 1 is 0.873 bits per heavy atom. The highest BCUT2D eigenvalue weighted by atomic mass is 31.2. The predicted octanol–water partition coefficient (Wildman–Crippen LogP) is 0.652. The molecule has 8 amide bonds. The zero-order valence-electron chi connectivity index (χ0n) is 31.2. The van der Waals surface area contributed by atoms with Crippen LogP contribution < -0.4 is 32.3 Å². The molecule has 20 nitrogen and oxygen atoms in total. The van der Waals surface area contributed by atoms with E-state index in [0.29, 0.717) is 5.56 Å². The number of carboxylic acids is 1. The lowest BCUT2D eigenvalue weighted by molar-refractivity contribution is -0.145. The molecule has 0 spiro atoms. The summed E-state index contributed by atoms with van der Waals surface area (Å²) in [7, 11) is -4.85. The van der Waals surface area contributed by atoms with Gasteiger partial charge in [0, 0.05) is 43.8 Å². The average Bonchev–Trinajstić information content (AvgIpc) is 3.43.